The lowest BCUT2D eigenvalue weighted by molar-refractivity contribution is -0.0512. The summed E-state index contributed by atoms with van der Waals surface area (Å²) in [6.45, 7) is -2.04. The van der Waals surface area contributed by atoms with E-state index in [0.717, 1.165) is 5.56 Å². The van der Waals surface area contributed by atoms with Gasteiger partial charge in [0.25, 0.3) is 5.91 Å². The Balaban J connectivity index is 0.00000261. The molecule has 0 unspecified atom stereocenters. The molecule has 2 N–H and O–H groups in total. The van der Waals surface area contributed by atoms with Crippen LogP contribution in [0.15, 0.2) is 48.5 Å². The first kappa shape index (κ1) is 20.9. The summed E-state index contributed by atoms with van der Waals surface area (Å²) in [5.41, 5.74) is 7.66. The highest BCUT2D eigenvalue weighted by molar-refractivity contribution is 5.95. The molecule has 27 heavy (non-hydrogen) atoms. The molecule has 2 aromatic rings. The van der Waals surface area contributed by atoms with Crippen molar-refractivity contribution in [2.45, 2.75) is 18.6 Å². The Hall–Kier alpha value is -2.38. The molecular weight excluding hydrogens is 378 g/mol. The van der Waals surface area contributed by atoms with Crippen molar-refractivity contribution < 1.29 is 23.0 Å². The number of carbonyl (C=O) groups is 1. The molecule has 3 rings (SSSR count). The number of nitrogens with two attached hydrogens (primary N) is 1. The molecule has 0 aromatic heterocycles. The maximum Gasteiger partial charge on any atom is 0.387 e. The zero-order valence-electron chi connectivity index (χ0n) is 14.7. The van der Waals surface area contributed by atoms with Gasteiger partial charge >= 0.3 is 6.61 Å². The van der Waals surface area contributed by atoms with Crippen LogP contribution in [-0.4, -0.2) is 43.7 Å². The molecule has 0 saturated carbocycles. The van der Waals surface area contributed by atoms with E-state index < -0.39 is 6.61 Å². The first-order valence-electron chi connectivity index (χ1n) is 8.22. The molecule has 1 amide bonds. The summed E-state index contributed by atoms with van der Waals surface area (Å²) in [4.78, 5) is 14.5. The third-order valence-corrected chi connectivity index (χ3v) is 4.51. The summed E-state index contributed by atoms with van der Waals surface area (Å²) in [5, 5.41) is 0. The maximum atomic E-state index is 12.8. The van der Waals surface area contributed by atoms with Crippen molar-refractivity contribution in [3.63, 3.8) is 0 Å². The van der Waals surface area contributed by atoms with Crippen LogP contribution in [0.1, 0.15) is 21.8 Å². The third-order valence-electron chi connectivity index (χ3n) is 4.51. The number of methoxy groups -OCH3 is 1. The van der Waals surface area contributed by atoms with Gasteiger partial charge in [-0.3, -0.25) is 4.79 Å². The van der Waals surface area contributed by atoms with Crippen molar-refractivity contribution in [1.82, 2.24) is 4.90 Å². The molecule has 1 heterocycles. The Labute approximate surface area is 162 Å². The van der Waals surface area contributed by atoms with E-state index in [4.69, 9.17) is 10.5 Å². The van der Waals surface area contributed by atoms with Gasteiger partial charge in [-0.15, -0.1) is 12.4 Å². The van der Waals surface area contributed by atoms with Crippen LogP contribution in [0.2, 0.25) is 0 Å². The van der Waals surface area contributed by atoms with E-state index in [0.29, 0.717) is 18.7 Å². The highest BCUT2D eigenvalue weighted by atomic mass is 35.5. The summed E-state index contributed by atoms with van der Waals surface area (Å²) < 4.78 is 34.3. The average Bonchev–Trinajstić information content (AvgIpc) is 3.03. The second kappa shape index (κ2) is 9.01. The smallest absolute Gasteiger partial charge is 0.387 e. The van der Waals surface area contributed by atoms with Crippen molar-refractivity contribution >= 4 is 18.3 Å². The van der Waals surface area contributed by atoms with Gasteiger partial charge in [0.1, 0.15) is 0 Å². The van der Waals surface area contributed by atoms with Crippen LogP contribution in [0.5, 0.6) is 11.5 Å². The van der Waals surface area contributed by atoms with Crippen LogP contribution >= 0.6 is 12.4 Å². The predicted molar refractivity (Wildman–Crippen MR) is 99.9 cm³/mol. The Morgan fingerprint density at radius 1 is 1.15 bits per heavy atom. The second-order valence-electron chi connectivity index (χ2n) is 6.14. The monoisotopic (exact) mass is 398 g/mol. The molecule has 8 heteroatoms. The van der Waals surface area contributed by atoms with E-state index in [1.54, 1.807) is 4.90 Å². The Bertz CT molecular complexity index is 777. The second-order valence-corrected chi connectivity index (χ2v) is 6.14. The zero-order chi connectivity index (χ0) is 18.7. The van der Waals surface area contributed by atoms with Crippen LogP contribution in [0.25, 0.3) is 0 Å². The largest absolute Gasteiger partial charge is 0.493 e. The van der Waals surface area contributed by atoms with Crippen molar-refractivity contribution in [3.05, 3.63) is 59.7 Å². The lowest BCUT2D eigenvalue weighted by atomic mass is 9.95. The van der Waals surface area contributed by atoms with Gasteiger partial charge in [-0.05, 0) is 23.8 Å². The van der Waals surface area contributed by atoms with Gasteiger partial charge < -0.3 is 20.1 Å². The number of likely N-dealkylation sites (tertiary alicyclic amines) is 1. The number of ether oxygens (including phenoxy) is 2. The summed E-state index contributed by atoms with van der Waals surface area (Å²) in [6.07, 6.45) is 0. The number of halogens is 3. The summed E-state index contributed by atoms with van der Waals surface area (Å²) in [6, 6.07) is 13.8. The Morgan fingerprint density at radius 2 is 1.85 bits per heavy atom. The normalized spacial score (nSPS) is 18.9. The first-order chi connectivity index (χ1) is 12.5. The summed E-state index contributed by atoms with van der Waals surface area (Å²) in [5.74, 6) is -0.192. The van der Waals surface area contributed by atoms with Crippen LogP contribution in [0.3, 0.4) is 0 Å². The van der Waals surface area contributed by atoms with Gasteiger partial charge in [-0.2, -0.15) is 8.78 Å². The number of amides is 1. The first-order valence-corrected chi connectivity index (χ1v) is 8.22. The minimum atomic E-state index is -2.96. The van der Waals surface area contributed by atoms with Crippen LogP contribution in [0, 0.1) is 0 Å². The number of alkyl halides is 2. The number of rotatable bonds is 5. The van der Waals surface area contributed by atoms with E-state index in [2.05, 4.69) is 4.74 Å². The van der Waals surface area contributed by atoms with Crippen LogP contribution in [0.4, 0.5) is 8.78 Å². The summed E-state index contributed by atoms with van der Waals surface area (Å²) >= 11 is 0. The molecule has 1 fully saturated rings. The standard InChI is InChI=1S/C19H20F2N2O3.ClH/c1-25-17-9-13(7-8-16(17)26-19(20)21)18(24)23-10-14(15(22)11-23)12-5-3-2-4-6-12;/h2-9,14-15,19H,10-11,22H2,1H3;1H/t14-,15+;/m0./s1. The van der Waals surface area contributed by atoms with Crippen molar-refractivity contribution in [2.24, 2.45) is 5.73 Å². The highest BCUT2D eigenvalue weighted by Crippen LogP contribution is 2.32. The zero-order valence-corrected chi connectivity index (χ0v) is 15.5. The van der Waals surface area contributed by atoms with Crippen molar-refractivity contribution in [2.75, 3.05) is 20.2 Å². The molecule has 1 saturated heterocycles. The van der Waals surface area contributed by atoms with Crippen molar-refractivity contribution in [1.29, 1.82) is 0 Å². The molecule has 2 aromatic carbocycles. The van der Waals surface area contributed by atoms with Gasteiger partial charge in [0.15, 0.2) is 11.5 Å². The molecule has 1 aliphatic heterocycles. The summed E-state index contributed by atoms with van der Waals surface area (Å²) in [7, 11) is 1.33. The predicted octanol–water partition coefficient (Wildman–Crippen LogP) is 3.29. The van der Waals surface area contributed by atoms with E-state index in [1.165, 1.54) is 25.3 Å². The van der Waals surface area contributed by atoms with E-state index in [9.17, 15) is 13.6 Å². The molecule has 2 atom stereocenters. The van der Waals surface area contributed by atoms with Gasteiger partial charge in [0.05, 0.1) is 7.11 Å². The topological polar surface area (TPSA) is 64.8 Å². The Kier molecular flexibility index (Phi) is 6.98. The van der Waals surface area contributed by atoms with Crippen LogP contribution in [-0.2, 0) is 0 Å². The van der Waals surface area contributed by atoms with Crippen LogP contribution < -0.4 is 15.2 Å². The maximum absolute atomic E-state index is 12.8. The lowest BCUT2D eigenvalue weighted by Crippen LogP contribution is -2.32. The molecule has 0 bridgehead atoms. The number of hydrogen-bond acceptors (Lipinski definition) is 4. The number of benzene rings is 2. The number of hydrogen-bond donors (Lipinski definition) is 1. The van der Waals surface area contributed by atoms with Crippen molar-refractivity contribution in [3.8, 4) is 11.5 Å². The molecule has 0 radical (unpaired) electrons. The fraction of sp³-hybridized carbons (Fsp3) is 0.316. The fourth-order valence-corrected chi connectivity index (χ4v) is 3.22. The molecule has 146 valence electrons. The van der Waals surface area contributed by atoms with Gasteiger partial charge in [-0.1, -0.05) is 30.3 Å². The highest BCUT2D eigenvalue weighted by Gasteiger charge is 2.34. The third kappa shape index (κ3) is 4.67. The minimum Gasteiger partial charge on any atom is -0.493 e. The quantitative estimate of drug-likeness (QED) is 0.839. The number of carbonyl (C=O) groups excluding carboxylic acids is 1. The molecular formula is C19H21ClF2N2O3. The fourth-order valence-electron chi connectivity index (χ4n) is 3.22. The minimum absolute atomic E-state index is 0. The van der Waals surface area contributed by atoms with Gasteiger partial charge in [-0.25, -0.2) is 0 Å². The molecule has 5 nitrogen and oxygen atoms in total. The van der Waals surface area contributed by atoms with E-state index >= 15 is 0 Å². The molecule has 0 aliphatic carbocycles. The molecule has 1 aliphatic rings. The van der Waals surface area contributed by atoms with E-state index in [-0.39, 0.29) is 41.8 Å². The van der Waals surface area contributed by atoms with Gasteiger partial charge in [0, 0.05) is 30.6 Å². The van der Waals surface area contributed by atoms with E-state index in [1.807, 2.05) is 30.3 Å². The average molecular weight is 399 g/mol. The Morgan fingerprint density at radius 3 is 2.48 bits per heavy atom. The number of nitrogens with zero attached hydrogens (tertiary/aromatic N) is 1. The lowest BCUT2D eigenvalue weighted by Gasteiger charge is -2.18. The molecule has 0 spiro atoms. The SMILES string of the molecule is COc1cc(C(=O)N2C[C@@H](N)[C@H](c3ccccc3)C2)ccc1OC(F)F.Cl. The van der Waals surface area contributed by atoms with Gasteiger partial charge in [0.2, 0.25) is 0 Å².